The van der Waals surface area contributed by atoms with Crippen molar-refractivity contribution in [2.75, 3.05) is 0 Å². The molecule has 0 atom stereocenters. The molecule has 2 aromatic rings. The maximum atomic E-state index is 13.5. The van der Waals surface area contributed by atoms with Crippen LogP contribution in [0.4, 0.5) is 4.39 Å². The van der Waals surface area contributed by atoms with Gasteiger partial charge in [0, 0.05) is 18.8 Å². The largest absolute Gasteiger partial charge is 0.297 e. The molecule has 7 heteroatoms. The molecule has 0 radical (unpaired) electrons. The second-order valence-electron chi connectivity index (χ2n) is 3.46. The molecular formula is C10H9FN2O3S. The molecule has 90 valence electrons. The van der Waals surface area contributed by atoms with E-state index in [2.05, 4.69) is 5.10 Å². The van der Waals surface area contributed by atoms with E-state index in [1.807, 2.05) is 0 Å². The third kappa shape index (κ3) is 2.20. The molecule has 0 spiro atoms. The summed E-state index contributed by atoms with van der Waals surface area (Å²) < 4.78 is 45.4. The molecule has 0 fully saturated rings. The lowest BCUT2D eigenvalue weighted by molar-refractivity contribution is 0.473. The molecule has 0 amide bonds. The van der Waals surface area contributed by atoms with Gasteiger partial charge in [-0.25, -0.2) is 4.39 Å². The minimum atomic E-state index is -4.53. The molecule has 2 rings (SSSR count). The smallest absolute Gasteiger partial charge is 0.282 e. The van der Waals surface area contributed by atoms with Crippen LogP contribution >= 0.6 is 0 Å². The van der Waals surface area contributed by atoms with Gasteiger partial charge in [-0.3, -0.25) is 9.23 Å². The number of aryl methyl sites for hydroxylation is 1. The average Bonchev–Trinajstić information content (AvgIpc) is 2.62. The Balaban J connectivity index is 2.56. The Labute approximate surface area is 97.3 Å². The van der Waals surface area contributed by atoms with Gasteiger partial charge in [0.25, 0.3) is 10.1 Å². The van der Waals surface area contributed by atoms with E-state index in [4.69, 9.17) is 4.55 Å². The molecule has 1 aromatic heterocycles. The number of benzene rings is 1. The Bertz CT molecular complexity index is 664. The number of halogens is 1. The molecule has 0 aliphatic carbocycles. The molecule has 0 saturated carbocycles. The van der Waals surface area contributed by atoms with E-state index in [0.29, 0.717) is 11.3 Å². The maximum absolute atomic E-state index is 13.5. The molecule has 0 aliphatic heterocycles. The van der Waals surface area contributed by atoms with Gasteiger partial charge in [-0.05, 0) is 18.2 Å². The van der Waals surface area contributed by atoms with Crippen molar-refractivity contribution >= 4 is 10.1 Å². The molecular weight excluding hydrogens is 247 g/mol. The number of hydrogen-bond donors (Lipinski definition) is 1. The summed E-state index contributed by atoms with van der Waals surface area (Å²) in [6, 6.07) is 5.14. The SMILES string of the molecule is Cn1nccc1-c1ccc(S(=O)(=O)O)c(F)c1. The number of aromatic nitrogens is 2. The maximum Gasteiger partial charge on any atom is 0.297 e. The summed E-state index contributed by atoms with van der Waals surface area (Å²) in [5, 5.41) is 3.92. The first kappa shape index (κ1) is 11.7. The fraction of sp³-hybridized carbons (Fsp3) is 0.100. The summed E-state index contributed by atoms with van der Waals surface area (Å²) >= 11 is 0. The minimum Gasteiger partial charge on any atom is -0.282 e. The lowest BCUT2D eigenvalue weighted by Gasteiger charge is -2.04. The van der Waals surface area contributed by atoms with Gasteiger partial charge in [0.2, 0.25) is 0 Å². The zero-order chi connectivity index (χ0) is 12.6. The Morgan fingerprint density at radius 3 is 2.53 bits per heavy atom. The van der Waals surface area contributed by atoms with Gasteiger partial charge >= 0.3 is 0 Å². The third-order valence-electron chi connectivity index (χ3n) is 2.33. The van der Waals surface area contributed by atoms with Crippen molar-refractivity contribution in [2.24, 2.45) is 7.05 Å². The van der Waals surface area contributed by atoms with Crippen LogP contribution in [-0.4, -0.2) is 22.8 Å². The number of hydrogen-bond acceptors (Lipinski definition) is 3. The van der Waals surface area contributed by atoms with E-state index in [-0.39, 0.29) is 0 Å². The van der Waals surface area contributed by atoms with Crippen LogP contribution in [0.2, 0.25) is 0 Å². The Kier molecular flexibility index (Phi) is 2.72. The van der Waals surface area contributed by atoms with Gasteiger partial charge in [-0.15, -0.1) is 0 Å². The van der Waals surface area contributed by atoms with Crippen molar-refractivity contribution in [3.05, 3.63) is 36.3 Å². The molecule has 0 unspecified atom stereocenters. The topological polar surface area (TPSA) is 72.2 Å². The summed E-state index contributed by atoms with van der Waals surface area (Å²) in [4.78, 5) is -0.733. The van der Waals surface area contributed by atoms with Crippen LogP contribution < -0.4 is 0 Å². The third-order valence-corrected chi connectivity index (χ3v) is 3.21. The highest BCUT2D eigenvalue weighted by atomic mass is 32.2. The first-order valence-electron chi connectivity index (χ1n) is 4.65. The van der Waals surface area contributed by atoms with E-state index in [9.17, 15) is 12.8 Å². The van der Waals surface area contributed by atoms with Crippen LogP contribution in [0.1, 0.15) is 0 Å². The van der Waals surface area contributed by atoms with E-state index in [1.165, 1.54) is 10.7 Å². The molecule has 0 bridgehead atoms. The van der Waals surface area contributed by atoms with Gasteiger partial charge in [0.05, 0.1) is 5.69 Å². The molecule has 0 saturated heterocycles. The quantitative estimate of drug-likeness (QED) is 0.826. The van der Waals surface area contributed by atoms with Crippen LogP contribution in [0.25, 0.3) is 11.3 Å². The van der Waals surface area contributed by atoms with Crippen LogP contribution in [0, 0.1) is 5.82 Å². The molecule has 1 N–H and O–H groups in total. The zero-order valence-corrected chi connectivity index (χ0v) is 9.65. The molecule has 1 heterocycles. The van der Waals surface area contributed by atoms with Gasteiger partial charge in [0.15, 0.2) is 0 Å². The highest BCUT2D eigenvalue weighted by Crippen LogP contribution is 2.23. The molecule has 17 heavy (non-hydrogen) atoms. The van der Waals surface area contributed by atoms with Gasteiger partial charge in [0.1, 0.15) is 10.7 Å². The fourth-order valence-electron chi connectivity index (χ4n) is 1.53. The Morgan fingerprint density at radius 2 is 2.06 bits per heavy atom. The van der Waals surface area contributed by atoms with Crippen molar-refractivity contribution in [3.63, 3.8) is 0 Å². The van der Waals surface area contributed by atoms with E-state index in [1.54, 1.807) is 19.3 Å². The minimum absolute atomic E-state index is 0.481. The summed E-state index contributed by atoms with van der Waals surface area (Å²) in [6.45, 7) is 0. The van der Waals surface area contributed by atoms with E-state index in [0.717, 1.165) is 12.1 Å². The molecule has 0 aliphatic rings. The van der Waals surface area contributed by atoms with Gasteiger partial charge in [-0.1, -0.05) is 6.07 Å². The van der Waals surface area contributed by atoms with Crippen molar-refractivity contribution < 1.29 is 17.4 Å². The fourth-order valence-corrected chi connectivity index (χ4v) is 2.07. The van der Waals surface area contributed by atoms with Crippen molar-refractivity contribution in [3.8, 4) is 11.3 Å². The van der Waals surface area contributed by atoms with Crippen LogP contribution in [0.3, 0.4) is 0 Å². The first-order valence-corrected chi connectivity index (χ1v) is 6.09. The monoisotopic (exact) mass is 256 g/mol. The van der Waals surface area contributed by atoms with Crippen molar-refractivity contribution in [1.82, 2.24) is 9.78 Å². The van der Waals surface area contributed by atoms with Crippen molar-refractivity contribution in [1.29, 1.82) is 0 Å². The second kappa shape index (κ2) is 3.94. The summed E-state index contributed by atoms with van der Waals surface area (Å²) in [5.41, 5.74) is 1.13. The second-order valence-corrected chi connectivity index (χ2v) is 4.85. The Hall–Kier alpha value is -1.73. The predicted molar refractivity (Wildman–Crippen MR) is 58.4 cm³/mol. The summed E-state index contributed by atoms with van der Waals surface area (Å²) in [6.07, 6.45) is 1.55. The normalized spacial score (nSPS) is 11.7. The summed E-state index contributed by atoms with van der Waals surface area (Å²) in [7, 11) is -2.84. The van der Waals surface area contributed by atoms with Crippen LogP contribution in [0.15, 0.2) is 35.4 Å². The molecule has 1 aromatic carbocycles. The Morgan fingerprint density at radius 1 is 1.35 bits per heavy atom. The molecule has 5 nitrogen and oxygen atoms in total. The number of rotatable bonds is 2. The number of nitrogens with zero attached hydrogens (tertiary/aromatic N) is 2. The van der Waals surface area contributed by atoms with Gasteiger partial charge in [-0.2, -0.15) is 13.5 Å². The standard InChI is InChI=1S/C10H9FN2O3S/c1-13-9(4-5-12-13)7-2-3-10(8(11)6-7)17(14,15)16/h2-6H,1H3,(H,14,15,16). The summed E-state index contributed by atoms with van der Waals surface area (Å²) in [5.74, 6) is -0.994. The van der Waals surface area contributed by atoms with E-state index < -0.39 is 20.8 Å². The van der Waals surface area contributed by atoms with Gasteiger partial charge < -0.3 is 0 Å². The lowest BCUT2D eigenvalue weighted by atomic mass is 10.1. The predicted octanol–water partition coefficient (Wildman–Crippen LogP) is 1.47. The highest BCUT2D eigenvalue weighted by molar-refractivity contribution is 7.85. The first-order chi connectivity index (χ1) is 7.89. The van der Waals surface area contributed by atoms with Crippen LogP contribution in [0.5, 0.6) is 0 Å². The highest BCUT2D eigenvalue weighted by Gasteiger charge is 2.16. The van der Waals surface area contributed by atoms with E-state index >= 15 is 0 Å². The lowest BCUT2D eigenvalue weighted by Crippen LogP contribution is -2.02. The average molecular weight is 256 g/mol. The van der Waals surface area contributed by atoms with Crippen molar-refractivity contribution in [2.45, 2.75) is 4.90 Å². The van der Waals surface area contributed by atoms with Crippen LogP contribution in [-0.2, 0) is 17.2 Å². The zero-order valence-electron chi connectivity index (χ0n) is 8.83.